The van der Waals surface area contributed by atoms with Gasteiger partial charge in [-0.3, -0.25) is 0 Å². The van der Waals surface area contributed by atoms with Crippen molar-refractivity contribution >= 4 is 36.9 Å². The van der Waals surface area contributed by atoms with Gasteiger partial charge in [-0.05, 0) is 12.1 Å². The number of sulfonamides is 1. The highest BCUT2D eigenvalue weighted by Crippen LogP contribution is 2.29. The van der Waals surface area contributed by atoms with E-state index >= 15 is 0 Å². The minimum absolute atomic E-state index is 0.261. The van der Waals surface area contributed by atoms with Crippen molar-refractivity contribution in [1.82, 2.24) is 24.1 Å². The summed E-state index contributed by atoms with van der Waals surface area (Å²) < 4.78 is 90.8. The van der Waals surface area contributed by atoms with Crippen LogP contribution in [0.2, 0.25) is 0 Å². The maximum Gasteiger partial charge on any atom is 0.534 e. The smallest absolute Gasteiger partial charge is 0.376 e. The molecule has 0 aliphatic carbocycles. The highest BCUT2D eigenvalue weighted by molar-refractivity contribution is 7.88. The van der Waals surface area contributed by atoms with E-state index in [4.69, 9.17) is 0 Å². The molecule has 1 aliphatic rings. The van der Waals surface area contributed by atoms with Crippen molar-refractivity contribution in [2.45, 2.75) is 5.51 Å². The Hall–Kier alpha value is -2.98. The molecule has 3 heterocycles. The summed E-state index contributed by atoms with van der Waals surface area (Å²) in [4.78, 5) is 10.2. The molecule has 0 atom stereocenters. The number of rotatable bonds is 5. The van der Waals surface area contributed by atoms with Crippen LogP contribution in [0, 0.1) is 0 Å². The van der Waals surface area contributed by atoms with Crippen LogP contribution in [0.5, 0.6) is 5.75 Å². The van der Waals surface area contributed by atoms with E-state index in [1.807, 2.05) is 4.90 Å². The molecule has 0 saturated carbocycles. The Labute approximate surface area is 186 Å². The number of hydrogen-bond donors (Lipinski definition) is 0. The summed E-state index contributed by atoms with van der Waals surface area (Å²) in [5, 5.41) is 4.68. The average Bonchev–Trinajstić information content (AvgIpc) is 3.15. The van der Waals surface area contributed by atoms with Crippen molar-refractivity contribution in [3.8, 4) is 11.6 Å². The van der Waals surface area contributed by atoms with Crippen molar-refractivity contribution in [3.05, 3.63) is 36.8 Å². The molecule has 178 valence electrons. The van der Waals surface area contributed by atoms with Gasteiger partial charge in [0.15, 0.2) is 5.82 Å². The molecular formula is C17H17F3N6O5S2. The number of halogens is 3. The second-order valence-corrected chi connectivity index (χ2v) is 10.7. The first-order valence-electron chi connectivity index (χ1n) is 9.36. The Bertz CT molecular complexity index is 1400. The van der Waals surface area contributed by atoms with E-state index in [-0.39, 0.29) is 24.4 Å². The number of hydrogen-bond acceptors (Lipinski definition) is 9. The Morgan fingerprint density at radius 3 is 2.27 bits per heavy atom. The predicted molar refractivity (Wildman–Crippen MR) is 111 cm³/mol. The van der Waals surface area contributed by atoms with Crippen LogP contribution in [0.25, 0.3) is 16.7 Å². The van der Waals surface area contributed by atoms with Gasteiger partial charge in [-0.25, -0.2) is 23.1 Å². The van der Waals surface area contributed by atoms with Gasteiger partial charge < -0.3 is 9.08 Å². The molecule has 11 nitrogen and oxygen atoms in total. The fourth-order valence-electron chi connectivity index (χ4n) is 3.28. The summed E-state index contributed by atoms with van der Waals surface area (Å²) >= 11 is 0. The molecule has 0 radical (unpaired) electrons. The molecule has 16 heteroatoms. The summed E-state index contributed by atoms with van der Waals surface area (Å²) in [5.74, 6) is 0.243. The largest absolute Gasteiger partial charge is 0.534 e. The summed E-state index contributed by atoms with van der Waals surface area (Å²) in [6, 6.07) is 5.15. The van der Waals surface area contributed by atoms with Crippen LogP contribution in [0.15, 0.2) is 36.8 Å². The van der Waals surface area contributed by atoms with Gasteiger partial charge in [0.1, 0.15) is 17.9 Å². The van der Waals surface area contributed by atoms with E-state index in [9.17, 15) is 30.0 Å². The van der Waals surface area contributed by atoms with Crippen molar-refractivity contribution in [2.75, 3.05) is 37.3 Å². The van der Waals surface area contributed by atoms with Crippen molar-refractivity contribution in [2.24, 2.45) is 0 Å². The van der Waals surface area contributed by atoms with Crippen LogP contribution in [-0.2, 0) is 20.1 Å². The quantitative estimate of drug-likeness (QED) is 0.369. The molecule has 0 bridgehead atoms. The average molecular weight is 506 g/mol. The van der Waals surface area contributed by atoms with Gasteiger partial charge in [0.25, 0.3) is 0 Å². The second kappa shape index (κ2) is 8.11. The zero-order valence-corrected chi connectivity index (χ0v) is 18.6. The van der Waals surface area contributed by atoms with Gasteiger partial charge >= 0.3 is 15.6 Å². The fourth-order valence-corrected chi connectivity index (χ4v) is 4.56. The molecule has 33 heavy (non-hydrogen) atoms. The van der Waals surface area contributed by atoms with Gasteiger partial charge in [0, 0.05) is 43.7 Å². The molecule has 3 aromatic rings. The van der Waals surface area contributed by atoms with E-state index in [1.54, 1.807) is 6.07 Å². The minimum Gasteiger partial charge on any atom is -0.376 e. The first-order valence-corrected chi connectivity index (χ1v) is 12.6. The van der Waals surface area contributed by atoms with Gasteiger partial charge in [0.2, 0.25) is 10.0 Å². The zero-order chi connectivity index (χ0) is 24.0. The number of piperazine rings is 1. The fraction of sp³-hybridized carbons (Fsp3) is 0.353. The second-order valence-electron chi connectivity index (χ2n) is 7.14. The van der Waals surface area contributed by atoms with Crippen LogP contribution in [-0.4, -0.2) is 78.8 Å². The first-order chi connectivity index (χ1) is 15.3. The molecular weight excluding hydrogens is 489 g/mol. The zero-order valence-electron chi connectivity index (χ0n) is 17.0. The standard InChI is InChI=1S/C17H17F3N6O5S2/c1-32(27,28)25-6-4-24(5-7-25)15-9-16(22-11-21-15)26-14-8-13(3-2-12(14)10-23-26)31-33(29,30)17(18,19)20/h2-3,8-11H,4-7H2,1H3. The Kier molecular flexibility index (Phi) is 5.69. The first kappa shape index (κ1) is 23.2. The van der Waals surface area contributed by atoms with E-state index < -0.39 is 31.4 Å². The van der Waals surface area contributed by atoms with Gasteiger partial charge in [0.05, 0.1) is 18.0 Å². The lowest BCUT2D eigenvalue weighted by molar-refractivity contribution is -0.0500. The van der Waals surface area contributed by atoms with E-state index in [2.05, 4.69) is 19.2 Å². The summed E-state index contributed by atoms with van der Waals surface area (Å²) in [5.41, 5.74) is -5.30. The van der Waals surface area contributed by atoms with Crippen LogP contribution in [0.1, 0.15) is 0 Å². The lowest BCUT2D eigenvalue weighted by Crippen LogP contribution is -2.48. The number of aromatic nitrogens is 4. The highest BCUT2D eigenvalue weighted by Gasteiger charge is 2.48. The molecule has 2 aromatic heterocycles. The van der Waals surface area contributed by atoms with Crippen LogP contribution >= 0.6 is 0 Å². The maximum atomic E-state index is 12.6. The van der Waals surface area contributed by atoms with Crippen molar-refractivity contribution in [3.63, 3.8) is 0 Å². The third-order valence-electron chi connectivity index (χ3n) is 4.92. The third kappa shape index (κ3) is 4.72. The predicted octanol–water partition coefficient (Wildman–Crippen LogP) is 1.13. The third-order valence-corrected chi connectivity index (χ3v) is 7.20. The number of nitrogens with zero attached hydrogens (tertiary/aromatic N) is 6. The Morgan fingerprint density at radius 2 is 1.64 bits per heavy atom. The summed E-state index contributed by atoms with van der Waals surface area (Å²) in [6.07, 6.45) is 3.85. The molecule has 1 aromatic carbocycles. The normalized spacial score (nSPS) is 16.3. The molecule has 1 fully saturated rings. The number of benzene rings is 1. The number of fused-ring (bicyclic) bond motifs is 1. The summed E-state index contributed by atoms with van der Waals surface area (Å²) in [7, 11) is -9.12. The van der Waals surface area contributed by atoms with E-state index in [0.717, 1.165) is 18.4 Å². The van der Waals surface area contributed by atoms with Gasteiger partial charge in [-0.1, -0.05) is 0 Å². The van der Waals surface area contributed by atoms with Crippen molar-refractivity contribution < 1.29 is 34.2 Å². The minimum atomic E-state index is -5.83. The molecule has 0 amide bonds. The van der Waals surface area contributed by atoms with Crippen LogP contribution in [0.4, 0.5) is 19.0 Å². The Balaban J connectivity index is 1.62. The molecule has 0 unspecified atom stereocenters. The lowest BCUT2D eigenvalue weighted by atomic mass is 10.2. The van der Waals surface area contributed by atoms with Crippen LogP contribution in [0.3, 0.4) is 0 Å². The van der Waals surface area contributed by atoms with E-state index in [0.29, 0.717) is 24.3 Å². The molecule has 0 spiro atoms. The SMILES string of the molecule is CS(=O)(=O)N1CCN(c2cc(-n3ncc4ccc(OS(=O)(=O)C(F)(F)F)cc43)ncn2)CC1. The molecule has 0 N–H and O–H groups in total. The number of anilines is 1. The lowest BCUT2D eigenvalue weighted by Gasteiger charge is -2.33. The molecule has 4 rings (SSSR count). The number of alkyl halides is 3. The highest BCUT2D eigenvalue weighted by atomic mass is 32.2. The van der Waals surface area contributed by atoms with Crippen molar-refractivity contribution in [1.29, 1.82) is 0 Å². The maximum absolute atomic E-state index is 12.6. The Morgan fingerprint density at radius 1 is 0.970 bits per heavy atom. The topological polar surface area (TPSA) is 128 Å². The van der Waals surface area contributed by atoms with Gasteiger partial charge in [-0.2, -0.15) is 31.0 Å². The monoisotopic (exact) mass is 506 g/mol. The van der Waals surface area contributed by atoms with Crippen LogP contribution < -0.4 is 9.08 Å². The van der Waals surface area contributed by atoms with Gasteiger partial charge in [-0.15, -0.1) is 0 Å². The molecule has 1 saturated heterocycles. The molecule has 1 aliphatic heterocycles. The summed E-state index contributed by atoms with van der Waals surface area (Å²) in [6.45, 7) is 1.38. The van der Waals surface area contributed by atoms with E-state index in [1.165, 1.54) is 27.6 Å².